The van der Waals surface area contributed by atoms with Crippen LogP contribution in [-0.2, 0) is 11.3 Å². The number of hydrogen-bond donors (Lipinski definition) is 0. The van der Waals surface area contributed by atoms with Crippen molar-refractivity contribution in [2.24, 2.45) is 0 Å². The molecule has 0 fully saturated rings. The van der Waals surface area contributed by atoms with E-state index in [1.54, 1.807) is 0 Å². The quantitative estimate of drug-likeness (QED) is 0.531. The zero-order valence-electron chi connectivity index (χ0n) is 11.5. The largest absolute Gasteiger partial charge is 0.377 e. The number of halogens is 2. The monoisotopic (exact) mass is 350 g/mol. The summed E-state index contributed by atoms with van der Waals surface area (Å²) in [7, 11) is 0. The maximum Gasteiger partial charge on any atom is 0.162 e. The van der Waals surface area contributed by atoms with Gasteiger partial charge in [0.05, 0.1) is 6.61 Å². The molecule has 2 aromatic carbocycles. The van der Waals surface area contributed by atoms with Crippen LogP contribution in [0.5, 0.6) is 0 Å². The highest BCUT2D eigenvalue weighted by atomic mass is 79.9. The Hall–Kier alpha value is -1.52. The van der Waals surface area contributed by atoms with Gasteiger partial charge in [0.15, 0.2) is 5.78 Å². The average molecular weight is 351 g/mol. The van der Waals surface area contributed by atoms with E-state index in [-0.39, 0.29) is 11.6 Å². The molecule has 0 radical (unpaired) electrons. The van der Waals surface area contributed by atoms with E-state index in [1.165, 1.54) is 24.3 Å². The van der Waals surface area contributed by atoms with Gasteiger partial charge in [-0.05, 0) is 48.4 Å². The van der Waals surface area contributed by atoms with Crippen molar-refractivity contribution in [3.8, 4) is 0 Å². The number of Topliss-reactive ketones (excluding diaryl/α,β-unsaturated/α-hetero) is 1. The van der Waals surface area contributed by atoms with Crippen molar-refractivity contribution in [1.29, 1.82) is 0 Å². The molecule has 0 aliphatic rings. The van der Waals surface area contributed by atoms with E-state index >= 15 is 0 Å². The molecular weight excluding hydrogens is 335 g/mol. The zero-order valence-corrected chi connectivity index (χ0v) is 13.1. The van der Waals surface area contributed by atoms with Crippen molar-refractivity contribution in [2.45, 2.75) is 19.4 Å². The fraction of sp³-hybridized carbons (Fsp3) is 0.235. The van der Waals surface area contributed by atoms with Gasteiger partial charge in [-0.2, -0.15) is 0 Å². The molecule has 0 bridgehead atoms. The van der Waals surface area contributed by atoms with Crippen LogP contribution in [0.25, 0.3) is 0 Å². The fourth-order valence-electron chi connectivity index (χ4n) is 1.93. The lowest BCUT2D eigenvalue weighted by atomic mass is 10.1. The summed E-state index contributed by atoms with van der Waals surface area (Å²) in [4.78, 5) is 11.8. The molecule has 2 aromatic rings. The van der Waals surface area contributed by atoms with E-state index in [9.17, 15) is 9.18 Å². The van der Waals surface area contributed by atoms with Crippen LogP contribution in [0.15, 0.2) is 53.0 Å². The van der Waals surface area contributed by atoms with Crippen LogP contribution < -0.4 is 0 Å². The van der Waals surface area contributed by atoms with E-state index in [1.807, 2.05) is 24.3 Å². The lowest BCUT2D eigenvalue weighted by Crippen LogP contribution is -2.02. The molecule has 0 aromatic heterocycles. The third-order valence-corrected chi connectivity index (χ3v) is 3.51. The van der Waals surface area contributed by atoms with Gasteiger partial charge < -0.3 is 4.74 Å². The summed E-state index contributed by atoms with van der Waals surface area (Å²) in [5.74, 6) is -0.315. The molecule has 0 N–H and O–H groups in total. The smallest absolute Gasteiger partial charge is 0.162 e. The summed E-state index contributed by atoms with van der Waals surface area (Å²) >= 11 is 3.41. The van der Waals surface area contributed by atoms with Gasteiger partial charge in [0.25, 0.3) is 0 Å². The van der Waals surface area contributed by atoms with Gasteiger partial charge in [-0.1, -0.05) is 28.1 Å². The maximum atomic E-state index is 12.8. The van der Waals surface area contributed by atoms with E-state index in [0.29, 0.717) is 31.6 Å². The van der Waals surface area contributed by atoms with E-state index in [2.05, 4.69) is 15.9 Å². The first-order valence-electron chi connectivity index (χ1n) is 6.76. The van der Waals surface area contributed by atoms with Gasteiger partial charge in [0, 0.05) is 23.1 Å². The Morgan fingerprint density at radius 1 is 1.14 bits per heavy atom. The van der Waals surface area contributed by atoms with Crippen molar-refractivity contribution in [3.63, 3.8) is 0 Å². The third-order valence-electron chi connectivity index (χ3n) is 3.02. The van der Waals surface area contributed by atoms with Crippen LogP contribution in [0.2, 0.25) is 0 Å². The molecule has 0 saturated carbocycles. The highest BCUT2D eigenvalue weighted by molar-refractivity contribution is 9.10. The molecule has 0 aliphatic heterocycles. The molecule has 0 amide bonds. The van der Waals surface area contributed by atoms with Crippen LogP contribution >= 0.6 is 15.9 Å². The Labute approximate surface area is 132 Å². The highest BCUT2D eigenvalue weighted by Gasteiger charge is 2.05. The minimum Gasteiger partial charge on any atom is -0.377 e. The molecule has 21 heavy (non-hydrogen) atoms. The molecule has 4 heteroatoms. The van der Waals surface area contributed by atoms with E-state index in [0.717, 1.165) is 10.0 Å². The number of hydrogen-bond acceptors (Lipinski definition) is 2. The Bertz CT molecular complexity index is 596. The predicted molar refractivity (Wildman–Crippen MR) is 83.8 cm³/mol. The summed E-state index contributed by atoms with van der Waals surface area (Å²) in [5, 5.41) is 0. The Balaban J connectivity index is 1.68. The summed E-state index contributed by atoms with van der Waals surface area (Å²) in [6.45, 7) is 1.06. The number of ether oxygens (including phenoxy) is 1. The fourth-order valence-corrected chi connectivity index (χ4v) is 2.38. The van der Waals surface area contributed by atoms with Gasteiger partial charge in [0.2, 0.25) is 0 Å². The molecule has 0 aliphatic carbocycles. The predicted octanol–water partition coefficient (Wildman–Crippen LogP) is 4.77. The van der Waals surface area contributed by atoms with Gasteiger partial charge in [-0.3, -0.25) is 4.79 Å². The van der Waals surface area contributed by atoms with Crippen molar-refractivity contribution in [2.75, 3.05) is 6.61 Å². The lowest BCUT2D eigenvalue weighted by Gasteiger charge is -2.05. The van der Waals surface area contributed by atoms with Gasteiger partial charge in [-0.15, -0.1) is 0 Å². The minimum atomic E-state index is -0.330. The lowest BCUT2D eigenvalue weighted by molar-refractivity contribution is 0.0919. The summed E-state index contributed by atoms with van der Waals surface area (Å²) < 4.78 is 19.3. The molecule has 0 spiro atoms. The number of rotatable bonds is 7. The van der Waals surface area contributed by atoms with Crippen LogP contribution in [-0.4, -0.2) is 12.4 Å². The van der Waals surface area contributed by atoms with Crippen LogP contribution in [0.1, 0.15) is 28.8 Å². The normalized spacial score (nSPS) is 10.6. The molecule has 2 rings (SSSR count). The summed E-state index contributed by atoms with van der Waals surface area (Å²) in [6.07, 6.45) is 1.06. The number of benzene rings is 2. The van der Waals surface area contributed by atoms with Crippen molar-refractivity contribution in [1.82, 2.24) is 0 Å². The summed E-state index contributed by atoms with van der Waals surface area (Å²) in [6, 6.07) is 13.6. The minimum absolute atomic E-state index is 0.0149. The number of carbonyl (C=O) groups is 1. The SMILES string of the molecule is O=C(CCCOCc1cccc(Br)c1)c1ccc(F)cc1. The average Bonchev–Trinajstić information content (AvgIpc) is 2.47. The first-order valence-corrected chi connectivity index (χ1v) is 7.55. The molecule has 0 heterocycles. The van der Waals surface area contributed by atoms with Gasteiger partial charge >= 0.3 is 0 Å². The first-order chi connectivity index (χ1) is 10.1. The number of carbonyl (C=O) groups excluding carboxylic acids is 1. The van der Waals surface area contributed by atoms with E-state index in [4.69, 9.17) is 4.74 Å². The molecule has 0 saturated heterocycles. The molecule has 2 nitrogen and oxygen atoms in total. The van der Waals surface area contributed by atoms with Crippen molar-refractivity contribution >= 4 is 21.7 Å². The molecule has 110 valence electrons. The maximum absolute atomic E-state index is 12.8. The van der Waals surface area contributed by atoms with Crippen molar-refractivity contribution in [3.05, 3.63) is 69.9 Å². The van der Waals surface area contributed by atoms with E-state index < -0.39 is 0 Å². The summed E-state index contributed by atoms with van der Waals surface area (Å²) in [5.41, 5.74) is 1.64. The molecular formula is C17H16BrFO2. The highest BCUT2D eigenvalue weighted by Crippen LogP contribution is 2.13. The Morgan fingerprint density at radius 3 is 2.62 bits per heavy atom. The van der Waals surface area contributed by atoms with Crippen molar-refractivity contribution < 1.29 is 13.9 Å². The second-order valence-corrected chi connectivity index (χ2v) is 5.63. The second kappa shape index (κ2) is 8.05. The topological polar surface area (TPSA) is 26.3 Å². The molecule has 0 unspecified atom stereocenters. The van der Waals surface area contributed by atoms with Crippen LogP contribution in [0.4, 0.5) is 4.39 Å². The standard InChI is InChI=1S/C17H16BrFO2/c18-15-4-1-3-13(11-15)12-21-10-2-5-17(20)14-6-8-16(19)9-7-14/h1,3-4,6-9,11H,2,5,10,12H2. The Kier molecular flexibility index (Phi) is 6.08. The molecule has 0 atom stereocenters. The van der Waals surface area contributed by atoms with Crippen LogP contribution in [0.3, 0.4) is 0 Å². The van der Waals surface area contributed by atoms with Gasteiger partial charge in [-0.25, -0.2) is 4.39 Å². The van der Waals surface area contributed by atoms with Crippen LogP contribution in [0, 0.1) is 5.82 Å². The number of ketones is 1. The first kappa shape index (κ1) is 15.9. The van der Waals surface area contributed by atoms with Gasteiger partial charge in [0.1, 0.15) is 5.82 Å². The third kappa shape index (κ3) is 5.40. The zero-order chi connectivity index (χ0) is 15.1. The Morgan fingerprint density at radius 2 is 1.90 bits per heavy atom. The second-order valence-electron chi connectivity index (χ2n) is 4.72.